The van der Waals surface area contributed by atoms with Crippen molar-refractivity contribution in [2.24, 2.45) is 0 Å². The molecule has 2 N–H and O–H groups in total. The minimum Gasteiger partial charge on any atom is -0.506 e. The van der Waals surface area contributed by atoms with Gasteiger partial charge in [-0.25, -0.2) is 0 Å². The molecule has 0 aliphatic carbocycles. The van der Waals surface area contributed by atoms with Crippen molar-refractivity contribution in [1.29, 1.82) is 0 Å². The van der Waals surface area contributed by atoms with Crippen molar-refractivity contribution < 1.29 is 9.90 Å². The van der Waals surface area contributed by atoms with Crippen molar-refractivity contribution in [2.45, 2.75) is 6.92 Å². The molecule has 0 saturated carbocycles. The highest BCUT2D eigenvalue weighted by Crippen LogP contribution is 2.29. The van der Waals surface area contributed by atoms with Gasteiger partial charge in [-0.3, -0.25) is 14.2 Å². The van der Waals surface area contributed by atoms with Gasteiger partial charge in [0.05, 0.1) is 5.52 Å². The Morgan fingerprint density at radius 1 is 1.00 bits per heavy atom. The van der Waals surface area contributed by atoms with Crippen LogP contribution >= 0.6 is 11.6 Å². The second-order valence-corrected chi connectivity index (χ2v) is 7.07. The van der Waals surface area contributed by atoms with E-state index < -0.39 is 11.5 Å². The quantitative estimate of drug-likeness (QED) is 0.509. The molecule has 5 nitrogen and oxygen atoms in total. The van der Waals surface area contributed by atoms with E-state index in [-0.39, 0.29) is 11.3 Å². The number of rotatable bonds is 3. The SMILES string of the molecule is Cc1ccc(Cl)cc1NC(=O)c1c(O)c2ccccc2n(-c2ccccc2)c1=O. The maximum absolute atomic E-state index is 13.3. The number of carbonyl (C=O) groups is 1. The van der Waals surface area contributed by atoms with Crippen LogP contribution in [0.5, 0.6) is 5.75 Å². The number of pyridine rings is 1. The van der Waals surface area contributed by atoms with E-state index >= 15 is 0 Å². The lowest BCUT2D eigenvalue weighted by atomic mass is 10.1. The Bertz CT molecular complexity index is 1300. The fraction of sp³-hybridized carbons (Fsp3) is 0.0435. The fourth-order valence-electron chi connectivity index (χ4n) is 3.28. The van der Waals surface area contributed by atoms with Crippen LogP contribution in [0.4, 0.5) is 5.69 Å². The minimum absolute atomic E-state index is 0.327. The van der Waals surface area contributed by atoms with Gasteiger partial charge in [-0.1, -0.05) is 48.0 Å². The number of aryl methyl sites for hydroxylation is 1. The summed E-state index contributed by atoms with van der Waals surface area (Å²) in [7, 11) is 0. The van der Waals surface area contributed by atoms with E-state index in [4.69, 9.17) is 11.6 Å². The molecule has 0 fully saturated rings. The van der Waals surface area contributed by atoms with Crippen LogP contribution in [-0.2, 0) is 0 Å². The summed E-state index contributed by atoms with van der Waals surface area (Å²) in [6.45, 7) is 1.81. The average Bonchev–Trinajstić information content (AvgIpc) is 2.72. The summed E-state index contributed by atoms with van der Waals surface area (Å²) in [5.41, 5.74) is 1.43. The summed E-state index contributed by atoms with van der Waals surface area (Å²) in [6.07, 6.45) is 0. The number of para-hydroxylation sites is 2. The number of nitrogens with zero attached hydrogens (tertiary/aromatic N) is 1. The first kappa shape index (κ1) is 18.8. The van der Waals surface area contributed by atoms with E-state index in [9.17, 15) is 14.7 Å². The van der Waals surface area contributed by atoms with E-state index in [1.165, 1.54) is 4.57 Å². The standard InChI is InChI=1S/C23H17ClN2O3/c1-14-11-12-15(24)13-18(14)25-22(28)20-21(27)17-9-5-6-10-19(17)26(23(20)29)16-7-3-2-4-8-16/h2-13,27H,1H3,(H,25,28). The highest BCUT2D eigenvalue weighted by Gasteiger charge is 2.23. The highest BCUT2D eigenvalue weighted by atomic mass is 35.5. The Balaban J connectivity index is 1.94. The topological polar surface area (TPSA) is 71.3 Å². The summed E-state index contributed by atoms with van der Waals surface area (Å²) in [5.74, 6) is -1.05. The first-order chi connectivity index (χ1) is 14.0. The van der Waals surface area contributed by atoms with Crippen molar-refractivity contribution in [1.82, 2.24) is 4.57 Å². The Hall–Kier alpha value is -3.57. The molecule has 6 heteroatoms. The van der Waals surface area contributed by atoms with E-state index in [2.05, 4.69) is 5.32 Å². The Labute approximate surface area is 171 Å². The fourth-order valence-corrected chi connectivity index (χ4v) is 3.45. The molecule has 1 aromatic heterocycles. The van der Waals surface area contributed by atoms with Gasteiger partial charge >= 0.3 is 0 Å². The summed E-state index contributed by atoms with van der Waals surface area (Å²) < 4.78 is 1.43. The number of hydrogen-bond acceptors (Lipinski definition) is 3. The average molecular weight is 405 g/mol. The third kappa shape index (κ3) is 3.37. The monoisotopic (exact) mass is 404 g/mol. The Morgan fingerprint density at radius 2 is 1.69 bits per heavy atom. The van der Waals surface area contributed by atoms with Gasteiger partial charge in [-0.2, -0.15) is 0 Å². The Kier molecular flexibility index (Phi) is 4.82. The number of halogens is 1. The van der Waals surface area contributed by atoms with Crippen LogP contribution in [0, 0.1) is 6.92 Å². The molecule has 0 spiro atoms. The van der Waals surface area contributed by atoms with Crippen LogP contribution in [0.25, 0.3) is 16.6 Å². The normalized spacial score (nSPS) is 10.8. The zero-order chi connectivity index (χ0) is 20.5. The third-order valence-electron chi connectivity index (χ3n) is 4.74. The largest absolute Gasteiger partial charge is 0.506 e. The summed E-state index contributed by atoms with van der Waals surface area (Å²) in [4.78, 5) is 26.3. The van der Waals surface area contributed by atoms with Crippen LogP contribution in [0.15, 0.2) is 77.6 Å². The van der Waals surface area contributed by atoms with Gasteiger partial charge in [0.25, 0.3) is 11.5 Å². The molecule has 4 rings (SSSR count). The zero-order valence-corrected chi connectivity index (χ0v) is 16.3. The van der Waals surface area contributed by atoms with Gasteiger partial charge in [-0.15, -0.1) is 0 Å². The number of anilines is 1. The molecule has 0 saturated heterocycles. The Morgan fingerprint density at radius 3 is 2.45 bits per heavy atom. The molecular weight excluding hydrogens is 388 g/mol. The molecule has 1 amide bonds. The number of aromatic nitrogens is 1. The number of aromatic hydroxyl groups is 1. The van der Waals surface area contributed by atoms with E-state index in [1.807, 2.05) is 13.0 Å². The molecule has 0 bridgehead atoms. The zero-order valence-electron chi connectivity index (χ0n) is 15.5. The number of benzene rings is 3. The molecule has 0 aliphatic heterocycles. The molecule has 3 aromatic carbocycles. The van der Waals surface area contributed by atoms with E-state index in [1.54, 1.807) is 66.7 Å². The second-order valence-electron chi connectivity index (χ2n) is 6.63. The van der Waals surface area contributed by atoms with E-state index in [0.717, 1.165) is 5.56 Å². The van der Waals surface area contributed by atoms with Crippen LogP contribution in [0.1, 0.15) is 15.9 Å². The number of amides is 1. The van der Waals surface area contributed by atoms with Crippen LogP contribution in [0.2, 0.25) is 5.02 Å². The third-order valence-corrected chi connectivity index (χ3v) is 4.98. The number of fused-ring (bicyclic) bond motifs is 1. The van der Waals surface area contributed by atoms with Crippen LogP contribution < -0.4 is 10.9 Å². The first-order valence-corrected chi connectivity index (χ1v) is 9.35. The van der Waals surface area contributed by atoms with Gasteiger partial charge in [0.15, 0.2) is 0 Å². The summed E-state index contributed by atoms with van der Waals surface area (Å²) in [6, 6.07) is 21.0. The summed E-state index contributed by atoms with van der Waals surface area (Å²) >= 11 is 6.03. The van der Waals surface area contributed by atoms with E-state index in [0.29, 0.717) is 27.3 Å². The van der Waals surface area contributed by atoms with Crippen LogP contribution in [-0.4, -0.2) is 15.6 Å². The van der Waals surface area contributed by atoms with Gasteiger partial charge in [0.1, 0.15) is 11.3 Å². The minimum atomic E-state index is -0.701. The molecular formula is C23H17ClN2O3. The molecule has 0 radical (unpaired) electrons. The van der Waals surface area contributed by atoms with Crippen LogP contribution in [0.3, 0.4) is 0 Å². The predicted molar refractivity (Wildman–Crippen MR) is 115 cm³/mol. The second kappa shape index (κ2) is 7.45. The van der Waals surface area contributed by atoms with Gasteiger partial charge < -0.3 is 10.4 Å². The number of nitrogens with one attached hydrogen (secondary N) is 1. The van der Waals surface area contributed by atoms with Gasteiger partial charge in [0, 0.05) is 21.8 Å². The number of hydrogen-bond donors (Lipinski definition) is 2. The molecule has 4 aromatic rings. The lowest BCUT2D eigenvalue weighted by Crippen LogP contribution is -2.29. The summed E-state index contributed by atoms with van der Waals surface area (Å²) in [5, 5.41) is 14.3. The highest BCUT2D eigenvalue weighted by molar-refractivity contribution is 6.31. The molecule has 144 valence electrons. The first-order valence-electron chi connectivity index (χ1n) is 8.97. The molecule has 29 heavy (non-hydrogen) atoms. The number of carbonyl (C=O) groups excluding carboxylic acids is 1. The van der Waals surface area contributed by atoms with Crippen molar-refractivity contribution in [3.63, 3.8) is 0 Å². The van der Waals surface area contributed by atoms with Crippen molar-refractivity contribution in [2.75, 3.05) is 5.32 Å². The lowest BCUT2D eigenvalue weighted by molar-refractivity contribution is 0.102. The molecule has 0 unspecified atom stereocenters. The molecule has 0 atom stereocenters. The van der Waals surface area contributed by atoms with Crippen molar-refractivity contribution in [3.8, 4) is 11.4 Å². The van der Waals surface area contributed by atoms with Crippen molar-refractivity contribution in [3.05, 3.63) is 99.3 Å². The maximum Gasteiger partial charge on any atom is 0.272 e. The van der Waals surface area contributed by atoms with Gasteiger partial charge in [-0.05, 0) is 48.9 Å². The van der Waals surface area contributed by atoms with Gasteiger partial charge in [0.2, 0.25) is 0 Å². The smallest absolute Gasteiger partial charge is 0.272 e. The predicted octanol–water partition coefficient (Wildman–Crippen LogP) is 4.91. The molecule has 1 heterocycles. The lowest BCUT2D eigenvalue weighted by Gasteiger charge is -2.15. The molecule has 0 aliphatic rings. The van der Waals surface area contributed by atoms with Crippen molar-refractivity contribution >= 4 is 34.1 Å². The maximum atomic E-state index is 13.3.